The van der Waals surface area contributed by atoms with Gasteiger partial charge in [0, 0.05) is 30.3 Å². The molecule has 0 bridgehead atoms. The predicted molar refractivity (Wildman–Crippen MR) is 97.7 cm³/mol. The van der Waals surface area contributed by atoms with E-state index in [0.717, 1.165) is 18.2 Å². The number of carbonyl (C=O) groups is 1. The molecule has 0 saturated carbocycles. The summed E-state index contributed by atoms with van der Waals surface area (Å²) in [5.74, 6) is -1.08. The van der Waals surface area contributed by atoms with Crippen molar-refractivity contribution in [2.45, 2.75) is 12.7 Å². The molecule has 0 aliphatic carbocycles. The van der Waals surface area contributed by atoms with Gasteiger partial charge in [-0.15, -0.1) is 0 Å². The Bertz CT molecular complexity index is 1080. The molecule has 1 N–H and O–H groups in total. The van der Waals surface area contributed by atoms with Crippen LogP contribution in [0.15, 0.2) is 65.7 Å². The molecule has 0 radical (unpaired) electrons. The van der Waals surface area contributed by atoms with E-state index in [2.05, 4.69) is 10.3 Å². The summed E-state index contributed by atoms with van der Waals surface area (Å²) in [5, 5.41) is 2.47. The summed E-state index contributed by atoms with van der Waals surface area (Å²) in [7, 11) is 0. The van der Waals surface area contributed by atoms with E-state index in [0.29, 0.717) is 11.3 Å². The van der Waals surface area contributed by atoms with E-state index in [9.17, 15) is 27.2 Å². The largest absolute Gasteiger partial charge is 0.416 e. The van der Waals surface area contributed by atoms with Gasteiger partial charge in [-0.1, -0.05) is 6.07 Å². The van der Waals surface area contributed by atoms with Crippen LogP contribution >= 0.6 is 0 Å². The fourth-order valence-electron chi connectivity index (χ4n) is 2.60. The summed E-state index contributed by atoms with van der Waals surface area (Å²) in [6, 6.07) is 10.9. The Balaban J connectivity index is 1.63. The van der Waals surface area contributed by atoms with Crippen LogP contribution < -0.4 is 10.9 Å². The van der Waals surface area contributed by atoms with Crippen molar-refractivity contribution >= 4 is 5.91 Å². The lowest BCUT2D eigenvalue weighted by Gasteiger charge is -2.10. The molecule has 3 aromatic rings. The third-order valence-electron chi connectivity index (χ3n) is 4.11. The first-order chi connectivity index (χ1) is 13.7. The maximum atomic E-state index is 13.0. The number of hydrogen-bond donors (Lipinski definition) is 1. The highest BCUT2D eigenvalue weighted by molar-refractivity contribution is 5.94. The zero-order chi connectivity index (χ0) is 21.0. The first kappa shape index (κ1) is 20.2. The molecule has 0 saturated heterocycles. The number of carbonyl (C=O) groups excluding carboxylic acids is 1. The molecule has 0 spiro atoms. The minimum atomic E-state index is -4.54. The summed E-state index contributed by atoms with van der Waals surface area (Å²) < 4.78 is 52.4. The summed E-state index contributed by atoms with van der Waals surface area (Å²) in [6.07, 6.45) is -3.25. The molecule has 1 aromatic heterocycles. The molecular weight excluding hydrogens is 390 g/mol. The van der Waals surface area contributed by atoms with E-state index in [1.165, 1.54) is 47.3 Å². The molecule has 0 aliphatic rings. The van der Waals surface area contributed by atoms with Crippen LogP contribution in [0.5, 0.6) is 0 Å². The summed E-state index contributed by atoms with van der Waals surface area (Å²) in [4.78, 5) is 28.4. The fraction of sp³-hybridized carbons (Fsp3) is 0.150. The lowest BCUT2D eigenvalue weighted by atomic mass is 10.1. The van der Waals surface area contributed by atoms with Crippen molar-refractivity contribution in [3.8, 4) is 11.3 Å². The van der Waals surface area contributed by atoms with Crippen molar-refractivity contribution < 1.29 is 22.4 Å². The number of nitrogens with zero attached hydrogens (tertiary/aromatic N) is 2. The standard InChI is InChI=1S/C20H15F4N3O2/c21-16-6-4-13(5-7-16)17-11-18(28)27(12-26-17)9-8-25-19(29)14-2-1-3-15(10-14)20(22,23)24/h1-7,10-12H,8-9H2,(H,25,29). The molecule has 2 aromatic carbocycles. The van der Waals surface area contributed by atoms with Crippen molar-refractivity contribution in [1.29, 1.82) is 0 Å². The Labute approximate surface area is 162 Å². The van der Waals surface area contributed by atoms with E-state index < -0.39 is 23.5 Å². The van der Waals surface area contributed by atoms with Gasteiger partial charge in [-0.05, 0) is 42.5 Å². The summed E-state index contributed by atoms with van der Waals surface area (Å²) in [5.41, 5.74) is -0.473. The number of alkyl halides is 3. The number of nitrogens with one attached hydrogen (secondary N) is 1. The second-order valence-electron chi connectivity index (χ2n) is 6.15. The summed E-state index contributed by atoms with van der Waals surface area (Å²) in [6.45, 7) is 0.104. The first-order valence-corrected chi connectivity index (χ1v) is 8.52. The zero-order valence-corrected chi connectivity index (χ0v) is 14.9. The van der Waals surface area contributed by atoms with Crippen LogP contribution in [0.3, 0.4) is 0 Å². The van der Waals surface area contributed by atoms with Gasteiger partial charge < -0.3 is 5.32 Å². The predicted octanol–water partition coefficient (Wildman–Crippen LogP) is 3.50. The highest BCUT2D eigenvalue weighted by Gasteiger charge is 2.30. The number of amides is 1. The maximum absolute atomic E-state index is 13.0. The number of benzene rings is 2. The molecule has 150 valence electrons. The quantitative estimate of drug-likeness (QED) is 0.661. The monoisotopic (exact) mass is 405 g/mol. The van der Waals surface area contributed by atoms with Gasteiger partial charge in [-0.2, -0.15) is 13.2 Å². The molecule has 29 heavy (non-hydrogen) atoms. The van der Waals surface area contributed by atoms with E-state index >= 15 is 0 Å². The highest BCUT2D eigenvalue weighted by atomic mass is 19.4. The average Bonchev–Trinajstić information content (AvgIpc) is 2.69. The SMILES string of the molecule is O=C(NCCn1cnc(-c2ccc(F)cc2)cc1=O)c1cccc(C(F)(F)F)c1. The Morgan fingerprint density at radius 3 is 2.45 bits per heavy atom. The van der Waals surface area contributed by atoms with Gasteiger partial charge in [0.15, 0.2) is 0 Å². The number of hydrogen-bond acceptors (Lipinski definition) is 3. The Morgan fingerprint density at radius 1 is 1.07 bits per heavy atom. The number of aromatic nitrogens is 2. The molecule has 1 heterocycles. The van der Waals surface area contributed by atoms with Gasteiger partial charge in [0.1, 0.15) is 5.82 Å². The fourth-order valence-corrected chi connectivity index (χ4v) is 2.60. The molecule has 0 fully saturated rings. The van der Waals surface area contributed by atoms with Crippen molar-refractivity contribution in [3.63, 3.8) is 0 Å². The van der Waals surface area contributed by atoms with Crippen molar-refractivity contribution in [1.82, 2.24) is 14.9 Å². The molecule has 9 heteroatoms. The van der Waals surface area contributed by atoms with Crippen molar-refractivity contribution in [2.24, 2.45) is 0 Å². The maximum Gasteiger partial charge on any atom is 0.416 e. The van der Waals surface area contributed by atoms with E-state index in [4.69, 9.17) is 0 Å². The Hall–Kier alpha value is -3.49. The van der Waals surface area contributed by atoms with Gasteiger partial charge >= 0.3 is 6.18 Å². The van der Waals surface area contributed by atoms with Gasteiger partial charge in [0.05, 0.1) is 17.6 Å². The minimum Gasteiger partial charge on any atom is -0.350 e. The topological polar surface area (TPSA) is 64.0 Å². The van der Waals surface area contributed by atoms with Crippen molar-refractivity contribution in [2.75, 3.05) is 6.54 Å². The van der Waals surface area contributed by atoms with Crippen molar-refractivity contribution in [3.05, 3.63) is 88.2 Å². The Kier molecular flexibility index (Phi) is 5.76. The molecule has 0 unspecified atom stereocenters. The third-order valence-corrected chi connectivity index (χ3v) is 4.11. The lowest BCUT2D eigenvalue weighted by Crippen LogP contribution is -2.31. The van der Waals surface area contributed by atoms with Crippen LogP contribution in [-0.4, -0.2) is 22.0 Å². The van der Waals surface area contributed by atoms with Crippen LogP contribution in [0.4, 0.5) is 17.6 Å². The van der Waals surface area contributed by atoms with Crippen LogP contribution in [0.1, 0.15) is 15.9 Å². The van der Waals surface area contributed by atoms with Crippen LogP contribution in [0, 0.1) is 5.82 Å². The minimum absolute atomic E-state index is 0.0204. The number of halogens is 4. The smallest absolute Gasteiger partial charge is 0.350 e. The van der Waals surface area contributed by atoms with Gasteiger partial charge in [0.2, 0.25) is 0 Å². The first-order valence-electron chi connectivity index (χ1n) is 8.52. The molecule has 1 amide bonds. The number of rotatable bonds is 5. The zero-order valence-electron chi connectivity index (χ0n) is 14.9. The van der Waals surface area contributed by atoms with Crippen LogP contribution in [0.2, 0.25) is 0 Å². The van der Waals surface area contributed by atoms with E-state index in [-0.39, 0.29) is 24.2 Å². The van der Waals surface area contributed by atoms with Crippen LogP contribution in [-0.2, 0) is 12.7 Å². The van der Waals surface area contributed by atoms with E-state index in [1.807, 2.05) is 0 Å². The molecule has 0 atom stereocenters. The third kappa shape index (κ3) is 5.07. The second-order valence-corrected chi connectivity index (χ2v) is 6.15. The van der Waals surface area contributed by atoms with Gasteiger partial charge in [0.25, 0.3) is 11.5 Å². The molecular formula is C20H15F4N3O2. The van der Waals surface area contributed by atoms with Gasteiger partial charge in [-0.3, -0.25) is 14.2 Å². The van der Waals surface area contributed by atoms with Gasteiger partial charge in [-0.25, -0.2) is 9.37 Å². The molecule has 3 rings (SSSR count). The second kappa shape index (κ2) is 8.26. The Morgan fingerprint density at radius 2 is 1.79 bits per heavy atom. The summed E-state index contributed by atoms with van der Waals surface area (Å²) >= 11 is 0. The highest BCUT2D eigenvalue weighted by Crippen LogP contribution is 2.29. The average molecular weight is 405 g/mol. The van der Waals surface area contributed by atoms with E-state index in [1.54, 1.807) is 0 Å². The van der Waals surface area contributed by atoms with Crippen LogP contribution in [0.25, 0.3) is 11.3 Å². The molecule has 5 nitrogen and oxygen atoms in total. The normalized spacial score (nSPS) is 11.3. The lowest BCUT2D eigenvalue weighted by molar-refractivity contribution is -0.137. The molecule has 0 aliphatic heterocycles.